The van der Waals surface area contributed by atoms with Crippen molar-refractivity contribution in [2.45, 2.75) is 34.1 Å². The third kappa shape index (κ3) is 4.02. The highest BCUT2D eigenvalue weighted by Gasteiger charge is 2.11. The van der Waals surface area contributed by atoms with E-state index in [-0.39, 0.29) is 0 Å². The quantitative estimate of drug-likeness (QED) is 0.622. The molecule has 0 N–H and O–H groups in total. The van der Waals surface area contributed by atoms with Gasteiger partial charge in [0, 0.05) is 0 Å². The van der Waals surface area contributed by atoms with Gasteiger partial charge in [-0.1, -0.05) is 20.8 Å². The van der Waals surface area contributed by atoms with Crippen molar-refractivity contribution in [1.29, 1.82) is 0 Å². The summed E-state index contributed by atoms with van der Waals surface area (Å²) in [6, 6.07) is 0. The van der Waals surface area contributed by atoms with Crippen LogP contribution >= 0.6 is 0 Å². The standard InChI is InChI=1S/C9H14O2.C2H6/c1-3-5-9-8(4-2)10-6-7-11-9;1-2/h4-5H,3,6-7H2,1-2H3;1-2H3/b8-4+,9-5+;. The van der Waals surface area contributed by atoms with Crippen LogP contribution in [0.1, 0.15) is 34.1 Å². The molecule has 1 heterocycles. The number of rotatable bonds is 1. The molecule has 0 spiro atoms. The molecule has 1 saturated heterocycles. The van der Waals surface area contributed by atoms with Gasteiger partial charge in [-0.05, 0) is 25.5 Å². The van der Waals surface area contributed by atoms with Gasteiger partial charge in [0.1, 0.15) is 13.2 Å². The molecule has 0 radical (unpaired) electrons. The second-order valence-corrected chi connectivity index (χ2v) is 2.33. The second-order valence-electron chi connectivity index (χ2n) is 2.33. The SMILES string of the molecule is C/C=C1/OCCO/C1=C/CC.CC. The molecule has 0 aromatic rings. The molecular weight excluding hydrogens is 164 g/mol. The van der Waals surface area contributed by atoms with Gasteiger partial charge in [-0.25, -0.2) is 0 Å². The van der Waals surface area contributed by atoms with Crippen molar-refractivity contribution in [3.63, 3.8) is 0 Å². The van der Waals surface area contributed by atoms with Crippen molar-refractivity contribution in [3.8, 4) is 0 Å². The van der Waals surface area contributed by atoms with Crippen molar-refractivity contribution < 1.29 is 9.47 Å². The zero-order valence-corrected chi connectivity index (χ0v) is 9.09. The molecule has 2 nitrogen and oxygen atoms in total. The molecule has 0 atom stereocenters. The molecule has 0 aromatic carbocycles. The maximum atomic E-state index is 5.39. The molecule has 0 saturated carbocycles. The molecular formula is C11H20O2. The van der Waals surface area contributed by atoms with Crippen LogP contribution in [0.25, 0.3) is 0 Å². The highest BCUT2D eigenvalue weighted by Crippen LogP contribution is 2.17. The van der Waals surface area contributed by atoms with Crippen molar-refractivity contribution in [2.75, 3.05) is 13.2 Å². The zero-order valence-electron chi connectivity index (χ0n) is 9.09. The minimum Gasteiger partial charge on any atom is -0.487 e. The topological polar surface area (TPSA) is 18.5 Å². The summed E-state index contributed by atoms with van der Waals surface area (Å²) in [6.45, 7) is 9.37. The van der Waals surface area contributed by atoms with E-state index in [0.29, 0.717) is 13.2 Å². The average Bonchev–Trinajstić information content (AvgIpc) is 2.22. The van der Waals surface area contributed by atoms with Crippen LogP contribution in [0.3, 0.4) is 0 Å². The molecule has 1 aliphatic rings. The Kier molecular flexibility index (Phi) is 7.17. The Morgan fingerprint density at radius 2 is 1.69 bits per heavy atom. The van der Waals surface area contributed by atoms with Crippen molar-refractivity contribution in [3.05, 3.63) is 23.7 Å². The lowest BCUT2D eigenvalue weighted by atomic mass is 10.3. The normalized spacial score (nSPS) is 21.5. The van der Waals surface area contributed by atoms with E-state index in [2.05, 4.69) is 6.92 Å². The third-order valence-electron chi connectivity index (χ3n) is 1.49. The number of ether oxygens (including phenoxy) is 2. The third-order valence-corrected chi connectivity index (χ3v) is 1.49. The van der Waals surface area contributed by atoms with Crippen LogP contribution in [0.5, 0.6) is 0 Å². The van der Waals surface area contributed by atoms with Gasteiger partial charge in [-0.3, -0.25) is 0 Å². The first-order valence-electron chi connectivity index (χ1n) is 5.01. The average molecular weight is 184 g/mol. The van der Waals surface area contributed by atoms with Gasteiger partial charge in [-0.2, -0.15) is 0 Å². The highest BCUT2D eigenvalue weighted by molar-refractivity contribution is 5.20. The van der Waals surface area contributed by atoms with E-state index >= 15 is 0 Å². The summed E-state index contributed by atoms with van der Waals surface area (Å²) in [7, 11) is 0. The Hall–Kier alpha value is -0.920. The summed E-state index contributed by atoms with van der Waals surface area (Å²) in [4.78, 5) is 0. The summed E-state index contributed by atoms with van der Waals surface area (Å²) in [5, 5.41) is 0. The van der Waals surface area contributed by atoms with Gasteiger partial charge in [0.15, 0.2) is 11.5 Å². The Labute approximate surface area is 81.2 Å². The van der Waals surface area contributed by atoms with Gasteiger partial charge >= 0.3 is 0 Å². The van der Waals surface area contributed by atoms with E-state index in [1.807, 2.05) is 32.9 Å². The van der Waals surface area contributed by atoms with Gasteiger partial charge in [0.25, 0.3) is 0 Å². The fourth-order valence-electron chi connectivity index (χ4n) is 1.02. The Morgan fingerprint density at radius 1 is 1.15 bits per heavy atom. The monoisotopic (exact) mass is 184 g/mol. The Bertz CT molecular complexity index is 181. The summed E-state index contributed by atoms with van der Waals surface area (Å²) < 4.78 is 10.7. The lowest BCUT2D eigenvalue weighted by molar-refractivity contribution is 0.0588. The fourth-order valence-corrected chi connectivity index (χ4v) is 1.02. The van der Waals surface area contributed by atoms with Crippen LogP contribution in [0.4, 0.5) is 0 Å². The largest absolute Gasteiger partial charge is 0.487 e. The van der Waals surface area contributed by atoms with Crippen LogP contribution < -0.4 is 0 Å². The Balaban J connectivity index is 0.000000671. The maximum Gasteiger partial charge on any atom is 0.157 e. The van der Waals surface area contributed by atoms with Crippen molar-refractivity contribution in [1.82, 2.24) is 0 Å². The molecule has 1 rings (SSSR count). The predicted molar refractivity (Wildman–Crippen MR) is 55.4 cm³/mol. The van der Waals surface area contributed by atoms with Crippen LogP contribution in [-0.2, 0) is 9.47 Å². The summed E-state index contributed by atoms with van der Waals surface area (Å²) in [5.74, 6) is 1.76. The van der Waals surface area contributed by atoms with Crippen LogP contribution in [0, 0.1) is 0 Å². The summed E-state index contributed by atoms with van der Waals surface area (Å²) in [5.41, 5.74) is 0. The molecule has 0 aromatic heterocycles. The van der Waals surface area contributed by atoms with E-state index in [4.69, 9.17) is 9.47 Å². The van der Waals surface area contributed by atoms with Crippen molar-refractivity contribution >= 4 is 0 Å². The van der Waals surface area contributed by atoms with Crippen LogP contribution in [0.2, 0.25) is 0 Å². The highest BCUT2D eigenvalue weighted by atomic mass is 16.6. The molecule has 1 fully saturated rings. The molecule has 1 aliphatic heterocycles. The Morgan fingerprint density at radius 3 is 2.15 bits per heavy atom. The maximum absolute atomic E-state index is 5.39. The second kappa shape index (κ2) is 7.71. The smallest absolute Gasteiger partial charge is 0.157 e. The zero-order chi connectivity index (χ0) is 10.1. The van der Waals surface area contributed by atoms with Gasteiger partial charge in [0.05, 0.1) is 0 Å². The molecule has 0 amide bonds. The predicted octanol–water partition coefficient (Wildman–Crippen LogP) is 3.26. The first-order chi connectivity index (χ1) is 6.38. The van der Waals surface area contributed by atoms with E-state index in [0.717, 1.165) is 17.9 Å². The minimum absolute atomic E-state index is 0.667. The van der Waals surface area contributed by atoms with Crippen LogP contribution in [-0.4, -0.2) is 13.2 Å². The number of allylic oxidation sites excluding steroid dienone is 2. The van der Waals surface area contributed by atoms with Gasteiger partial charge < -0.3 is 9.47 Å². The summed E-state index contributed by atoms with van der Waals surface area (Å²) in [6.07, 6.45) is 4.95. The lowest BCUT2D eigenvalue weighted by Gasteiger charge is -2.20. The van der Waals surface area contributed by atoms with Crippen molar-refractivity contribution in [2.24, 2.45) is 0 Å². The van der Waals surface area contributed by atoms with Gasteiger partial charge in [-0.15, -0.1) is 0 Å². The van der Waals surface area contributed by atoms with E-state index < -0.39 is 0 Å². The molecule has 0 unspecified atom stereocenters. The number of hydrogen-bond acceptors (Lipinski definition) is 2. The van der Waals surface area contributed by atoms with E-state index in [1.165, 1.54) is 0 Å². The fraction of sp³-hybridized carbons (Fsp3) is 0.636. The molecule has 0 bridgehead atoms. The molecule has 76 valence electrons. The number of hydrogen-bond donors (Lipinski definition) is 0. The minimum atomic E-state index is 0.667. The molecule has 0 aliphatic carbocycles. The van der Waals surface area contributed by atoms with Crippen LogP contribution in [0.15, 0.2) is 23.7 Å². The molecule has 2 heteroatoms. The van der Waals surface area contributed by atoms with E-state index in [1.54, 1.807) is 0 Å². The summed E-state index contributed by atoms with van der Waals surface area (Å²) >= 11 is 0. The van der Waals surface area contributed by atoms with Gasteiger partial charge in [0.2, 0.25) is 0 Å². The molecule has 13 heavy (non-hydrogen) atoms. The first-order valence-corrected chi connectivity index (χ1v) is 5.01. The lowest BCUT2D eigenvalue weighted by Crippen LogP contribution is -2.13. The first kappa shape index (κ1) is 12.1. The van der Waals surface area contributed by atoms with E-state index in [9.17, 15) is 0 Å².